The molecule has 3 rings (SSSR count). The number of thioether (sulfide) groups is 1. The van der Waals surface area contributed by atoms with E-state index < -0.39 is 5.60 Å². The standard InChI is InChI=1S/C19H24BrN3O3S/c1-19(2,3)26-18(24)23-9-7-14(8-10-23)16-21-22-17(25-16)27-12-13-5-4-6-15(20)11-13/h4-6,11,14H,7-10,12H2,1-3H3. The average Bonchev–Trinajstić information content (AvgIpc) is 3.08. The van der Waals surface area contributed by atoms with Gasteiger partial charge in [-0.15, -0.1) is 10.2 Å². The number of benzene rings is 1. The SMILES string of the molecule is CC(C)(C)OC(=O)N1CCC(c2nnc(SCc3cccc(Br)c3)o2)CC1. The predicted octanol–water partition coefficient (Wildman–Crippen LogP) is 5.24. The smallest absolute Gasteiger partial charge is 0.410 e. The minimum absolute atomic E-state index is 0.191. The molecule has 1 saturated heterocycles. The first kappa shape index (κ1) is 20.2. The van der Waals surface area contributed by atoms with Crippen LogP contribution < -0.4 is 0 Å². The molecule has 146 valence electrons. The van der Waals surface area contributed by atoms with E-state index >= 15 is 0 Å². The van der Waals surface area contributed by atoms with E-state index in [1.807, 2.05) is 32.9 Å². The van der Waals surface area contributed by atoms with Gasteiger partial charge in [0.05, 0.1) is 0 Å². The van der Waals surface area contributed by atoms with E-state index in [4.69, 9.17) is 9.15 Å². The van der Waals surface area contributed by atoms with Gasteiger partial charge in [0.25, 0.3) is 5.22 Å². The lowest BCUT2D eigenvalue weighted by Crippen LogP contribution is -2.41. The average molecular weight is 454 g/mol. The van der Waals surface area contributed by atoms with E-state index in [1.165, 1.54) is 17.3 Å². The van der Waals surface area contributed by atoms with E-state index in [2.05, 4.69) is 38.3 Å². The number of amides is 1. The van der Waals surface area contributed by atoms with Crippen LogP contribution in [-0.2, 0) is 10.5 Å². The van der Waals surface area contributed by atoms with Crippen molar-refractivity contribution in [1.82, 2.24) is 15.1 Å². The third-order valence-electron chi connectivity index (χ3n) is 4.17. The Hall–Kier alpha value is -1.54. The number of carbonyl (C=O) groups is 1. The summed E-state index contributed by atoms with van der Waals surface area (Å²) in [6.45, 7) is 6.92. The molecule has 0 unspecified atom stereocenters. The van der Waals surface area contributed by atoms with Crippen LogP contribution in [0, 0.1) is 0 Å². The monoisotopic (exact) mass is 453 g/mol. The summed E-state index contributed by atoms with van der Waals surface area (Å²) in [6.07, 6.45) is 1.35. The van der Waals surface area contributed by atoms with Gasteiger partial charge in [-0.1, -0.05) is 39.8 Å². The number of halogens is 1. The molecule has 0 atom stereocenters. The highest BCUT2D eigenvalue weighted by molar-refractivity contribution is 9.10. The van der Waals surface area contributed by atoms with Crippen LogP contribution in [0.15, 0.2) is 38.4 Å². The zero-order valence-electron chi connectivity index (χ0n) is 15.8. The summed E-state index contributed by atoms with van der Waals surface area (Å²) in [5, 5.41) is 8.96. The van der Waals surface area contributed by atoms with Gasteiger partial charge in [-0.3, -0.25) is 0 Å². The number of hydrogen-bond donors (Lipinski definition) is 0. The van der Waals surface area contributed by atoms with E-state index in [0.717, 1.165) is 23.1 Å². The molecule has 1 aromatic carbocycles. The van der Waals surface area contributed by atoms with Crippen LogP contribution in [0.3, 0.4) is 0 Å². The second-order valence-corrected chi connectivity index (χ2v) is 9.41. The Morgan fingerprint density at radius 3 is 2.74 bits per heavy atom. The van der Waals surface area contributed by atoms with Crippen molar-refractivity contribution in [2.24, 2.45) is 0 Å². The van der Waals surface area contributed by atoms with Crippen LogP contribution in [0.5, 0.6) is 0 Å². The lowest BCUT2D eigenvalue weighted by Gasteiger charge is -2.32. The Balaban J connectivity index is 1.50. The highest BCUT2D eigenvalue weighted by Crippen LogP contribution is 2.30. The Bertz CT molecular complexity index is 783. The molecule has 2 aromatic rings. The van der Waals surface area contributed by atoms with Crippen LogP contribution in [0.2, 0.25) is 0 Å². The van der Waals surface area contributed by atoms with Gasteiger partial charge in [0.1, 0.15) is 5.60 Å². The van der Waals surface area contributed by atoms with E-state index in [1.54, 1.807) is 4.90 Å². The van der Waals surface area contributed by atoms with Crippen molar-refractivity contribution in [3.05, 3.63) is 40.2 Å². The number of hydrogen-bond acceptors (Lipinski definition) is 6. The normalized spacial score (nSPS) is 15.8. The molecule has 8 heteroatoms. The summed E-state index contributed by atoms with van der Waals surface area (Å²) in [5.41, 5.74) is 0.723. The fourth-order valence-corrected chi connectivity index (χ4v) is 4.01. The first-order chi connectivity index (χ1) is 12.8. The molecular weight excluding hydrogens is 430 g/mol. The van der Waals surface area contributed by atoms with E-state index in [0.29, 0.717) is 24.2 Å². The lowest BCUT2D eigenvalue weighted by molar-refractivity contribution is 0.0198. The maximum Gasteiger partial charge on any atom is 0.410 e. The van der Waals surface area contributed by atoms with Crippen molar-refractivity contribution >= 4 is 33.8 Å². The van der Waals surface area contributed by atoms with Gasteiger partial charge in [0, 0.05) is 29.2 Å². The van der Waals surface area contributed by atoms with Crippen molar-refractivity contribution in [3.8, 4) is 0 Å². The zero-order chi connectivity index (χ0) is 19.4. The number of rotatable bonds is 4. The number of nitrogens with zero attached hydrogens (tertiary/aromatic N) is 3. The first-order valence-electron chi connectivity index (χ1n) is 8.99. The van der Waals surface area contributed by atoms with Crippen molar-refractivity contribution in [2.45, 2.75) is 56.1 Å². The Morgan fingerprint density at radius 2 is 2.07 bits per heavy atom. The molecule has 6 nitrogen and oxygen atoms in total. The fraction of sp³-hybridized carbons (Fsp3) is 0.526. The second kappa shape index (κ2) is 8.65. The largest absolute Gasteiger partial charge is 0.444 e. The summed E-state index contributed by atoms with van der Waals surface area (Å²) in [6, 6.07) is 8.17. The summed E-state index contributed by atoms with van der Waals surface area (Å²) < 4.78 is 12.3. The van der Waals surface area contributed by atoms with Gasteiger partial charge < -0.3 is 14.1 Å². The fourth-order valence-electron chi connectivity index (χ4n) is 2.85. The van der Waals surface area contributed by atoms with Gasteiger partial charge in [-0.2, -0.15) is 0 Å². The summed E-state index contributed by atoms with van der Waals surface area (Å²) in [7, 11) is 0. The van der Waals surface area contributed by atoms with Gasteiger partial charge in [0.15, 0.2) is 0 Å². The highest BCUT2D eigenvalue weighted by Gasteiger charge is 2.29. The number of likely N-dealkylation sites (tertiary alicyclic amines) is 1. The van der Waals surface area contributed by atoms with E-state index in [-0.39, 0.29) is 12.0 Å². The van der Waals surface area contributed by atoms with Crippen molar-refractivity contribution in [3.63, 3.8) is 0 Å². The molecule has 0 saturated carbocycles. The van der Waals surface area contributed by atoms with Gasteiger partial charge >= 0.3 is 6.09 Å². The van der Waals surface area contributed by atoms with Crippen LogP contribution in [0.25, 0.3) is 0 Å². The van der Waals surface area contributed by atoms with Gasteiger partial charge in [-0.25, -0.2) is 4.79 Å². The molecule has 1 fully saturated rings. The molecular formula is C19H24BrN3O3S. The Kier molecular flexibility index (Phi) is 6.47. The minimum Gasteiger partial charge on any atom is -0.444 e. The molecule has 1 aliphatic rings. The molecule has 2 heterocycles. The van der Waals surface area contributed by atoms with Crippen molar-refractivity contribution in [1.29, 1.82) is 0 Å². The number of ether oxygens (including phenoxy) is 1. The molecule has 0 aliphatic carbocycles. The van der Waals surface area contributed by atoms with E-state index in [9.17, 15) is 4.79 Å². The maximum absolute atomic E-state index is 12.2. The maximum atomic E-state index is 12.2. The zero-order valence-corrected chi connectivity index (χ0v) is 18.2. The Morgan fingerprint density at radius 1 is 1.33 bits per heavy atom. The summed E-state index contributed by atoms with van der Waals surface area (Å²) >= 11 is 5.01. The third kappa shape index (κ3) is 5.97. The van der Waals surface area contributed by atoms with Gasteiger partial charge in [-0.05, 0) is 51.3 Å². The predicted molar refractivity (Wildman–Crippen MR) is 108 cm³/mol. The highest BCUT2D eigenvalue weighted by atomic mass is 79.9. The minimum atomic E-state index is -0.471. The van der Waals surface area contributed by atoms with Crippen LogP contribution in [0.1, 0.15) is 51.0 Å². The molecule has 0 spiro atoms. The van der Waals surface area contributed by atoms with Crippen LogP contribution in [-0.4, -0.2) is 39.9 Å². The molecule has 0 N–H and O–H groups in total. The topological polar surface area (TPSA) is 68.5 Å². The molecule has 0 bridgehead atoms. The molecule has 1 aliphatic heterocycles. The van der Waals surface area contributed by atoms with Crippen molar-refractivity contribution in [2.75, 3.05) is 13.1 Å². The molecule has 0 radical (unpaired) electrons. The van der Waals surface area contributed by atoms with Crippen molar-refractivity contribution < 1.29 is 13.9 Å². The Labute approximate surface area is 172 Å². The first-order valence-corrected chi connectivity index (χ1v) is 10.8. The third-order valence-corrected chi connectivity index (χ3v) is 5.55. The molecule has 1 amide bonds. The van der Waals surface area contributed by atoms with Crippen LogP contribution in [0.4, 0.5) is 4.79 Å². The number of carbonyl (C=O) groups excluding carboxylic acids is 1. The number of aromatic nitrogens is 2. The van der Waals surface area contributed by atoms with Crippen LogP contribution >= 0.6 is 27.7 Å². The number of piperidine rings is 1. The molecule has 1 aromatic heterocycles. The quantitative estimate of drug-likeness (QED) is 0.589. The second-order valence-electron chi connectivity index (χ2n) is 7.57. The lowest BCUT2D eigenvalue weighted by atomic mass is 9.97. The molecule has 27 heavy (non-hydrogen) atoms. The summed E-state index contributed by atoms with van der Waals surface area (Å²) in [5.74, 6) is 1.63. The summed E-state index contributed by atoms with van der Waals surface area (Å²) in [4.78, 5) is 13.9. The van der Waals surface area contributed by atoms with Gasteiger partial charge in [0.2, 0.25) is 5.89 Å².